The SMILES string of the molecule is CCCN(CC(=O)Nc1ccc(Cl)cc1Cl)C(=O)CCS(=O)(=O)c1ccc(C)cc1. The molecular weight excluding hydrogens is 447 g/mol. The van der Waals surface area contributed by atoms with Crippen LogP contribution in [0.5, 0.6) is 0 Å². The van der Waals surface area contributed by atoms with E-state index in [2.05, 4.69) is 5.32 Å². The summed E-state index contributed by atoms with van der Waals surface area (Å²) in [6, 6.07) is 11.2. The van der Waals surface area contributed by atoms with E-state index in [1.165, 1.54) is 23.1 Å². The van der Waals surface area contributed by atoms with Crippen LogP contribution in [0.25, 0.3) is 0 Å². The van der Waals surface area contributed by atoms with Gasteiger partial charge in [-0.2, -0.15) is 0 Å². The highest BCUT2D eigenvalue weighted by atomic mass is 35.5. The lowest BCUT2D eigenvalue weighted by Crippen LogP contribution is -2.39. The maximum atomic E-state index is 12.6. The molecule has 0 heterocycles. The Morgan fingerprint density at radius 3 is 2.33 bits per heavy atom. The number of sulfone groups is 1. The first-order chi connectivity index (χ1) is 14.1. The van der Waals surface area contributed by atoms with Gasteiger partial charge >= 0.3 is 0 Å². The van der Waals surface area contributed by atoms with Crippen molar-refractivity contribution in [3.63, 3.8) is 0 Å². The first kappa shape index (κ1) is 24.2. The third kappa shape index (κ3) is 7.00. The monoisotopic (exact) mass is 470 g/mol. The lowest BCUT2D eigenvalue weighted by Gasteiger charge is -2.22. The summed E-state index contributed by atoms with van der Waals surface area (Å²) in [5.41, 5.74) is 1.34. The van der Waals surface area contributed by atoms with Gasteiger partial charge in [0.05, 0.1) is 27.9 Å². The van der Waals surface area contributed by atoms with Gasteiger partial charge in [0.2, 0.25) is 11.8 Å². The van der Waals surface area contributed by atoms with Crippen LogP contribution in [-0.2, 0) is 19.4 Å². The fraction of sp³-hybridized carbons (Fsp3) is 0.333. The molecule has 0 aliphatic heterocycles. The highest BCUT2D eigenvalue weighted by Gasteiger charge is 2.21. The smallest absolute Gasteiger partial charge is 0.244 e. The number of anilines is 1. The molecule has 0 fully saturated rings. The number of halogens is 2. The van der Waals surface area contributed by atoms with E-state index in [0.717, 1.165) is 5.56 Å². The first-order valence-corrected chi connectivity index (χ1v) is 11.9. The molecule has 0 spiro atoms. The predicted molar refractivity (Wildman–Crippen MR) is 120 cm³/mol. The Kier molecular flexibility index (Phi) is 8.70. The van der Waals surface area contributed by atoms with Gasteiger partial charge in [-0.25, -0.2) is 8.42 Å². The quantitative estimate of drug-likeness (QED) is 0.590. The molecule has 0 radical (unpaired) electrons. The van der Waals surface area contributed by atoms with Crippen LogP contribution in [0.2, 0.25) is 10.0 Å². The Labute approximate surface area is 187 Å². The van der Waals surface area contributed by atoms with Crippen molar-refractivity contribution in [1.29, 1.82) is 0 Å². The molecule has 2 rings (SSSR count). The molecule has 0 atom stereocenters. The average molecular weight is 471 g/mol. The van der Waals surface area contributed by atoms with Crippen molar-refractivity contribution in [3.05, 3.63) is 58.1 Å². The van der Waals surface area contributed by atoms with Gasteiger partial charge in [0.25, 0.3) is 0 Å². The molecule has 2 aromatic rings. The zero-order valence-electron chi connectivity index (χ0n) is 16.8. The number of aryl methyl sites for hydroxylation is 1. The van der Waals surface area contributed by atoms with Gasteiger partial charge in [0.15, 0.2) is 9.84 Å². The van der Waals surface area contributed by atoms with Gasteiger partial charge in [-0.3, -0.25) is 9.59 Å². The van der Waals surface area contributed by atoms with Crippen LogP contribution in [0.4, 0.5) is 5.69 Å². The normalized spacial score (nSPS) is 11.2. The number of hydrogen-bond acceptors (Lipinski definition) is 4. The summed E-state index contributed by atoms with van der Waals surface area (Å²) >= 11 is 11.9. The Hall–Kier alpha value is -2.09. The van der Waals surface area contributed by atoms with Crippen molar-refractivity contribution < 1.29 is 18.0 Å². The van der Waals surface area contributed by atoms with Gasteiger partial charge in [-0.15, -0.1) is 0 Å². The third-order valence-corrected chi connectivity index (χ3v) is 6.63. The number of carbonyl (C=O) groups is 2. The highest BCUT2D eigenvalue weighted by molar-refractivity contribution is 7.91. The Morgan fingerprint density at radius 2 is 1.73 bits per heavy atom. The maximum Gasteiger partial charge on any atom is 0.244 e. The molecule has 1 N–H and O–H groups in total. The minimum absolute atomic E-state index is 0.179. The van der Waals surface area contributed by atoms with Crippen molar-refractivity contribution in [2.45, 2.75) is 31.6 Å². The van der Waals surface area contributed by atoms with E-state index < -0.39 is 21.7 Å². The van der Waals surface area contributed by atoms with Crippen LogP contribution in [0.1, 0.15) is 25.3 Å². The number of benzene rings is 2. The van der Waals surface area contributed by atoms with E-state index in [-0.39, 0.29) is 28.6 Å². The van der Waals surface area contributed by atoms with Crippen LogP contribution >= 0.6 is 23.2 Å². The van der Waals surface area contributed by atoms with E-state index in [9.17, 15) is 18.0 Å². The Balaban J connectivity index is 1.99. The Morgan fingerprint density at radius 1 is 1.07 bits per heavy atom. The van der Waals surface area contributed by atoms with Gasteiger partial charge in [0, 0.05) is 18.0 Å². The van der Waals surface area contributed by atoms with Crippen molar-refractivity contribution in [2.24, 2.45) is 0 Å². The minimum atomic E-state index is -3.59. The highest BCUT2D eigenvalue weighted by Crippen LogP contribution is 2.25. The number of nitrogens with zero attached hydrogens (tertiary/aromatic N) is 1. The number of hydrogen-bond donors (Lipinski definition) is 1. The van der Waals surface area contributed by atoms with Gasteiger partial charge in [-0.1, -0.05) is 47.8 Å². The van der Waals surface area contributed by atoms with Gasteiger partial charge in [-0.05, 0) is 43.7 Å². The van der Waals surface area contributed by atoms with Crippen molar-refractivity contribution in [3.8, 4) is 0 Å². The molecule has 0 aliphatic carbocycles. The van der Waals surface area contributed by atoms with Crippen LogP contribution in [0, 0.1) is 6.92 Å². The first-order valence-electron chi connectivity index (χ1n) is 9.44. The number of nitrogens with one attached hydrogen (secondary N) is 1. The molecule has 2 amide bonds. The summed E-state index contributed by atoms with van der Waals surface area (Å²) < 4.78 is 25.0. The van der Waals surface area contributed by atoms with Gasteiger partial charge < -0.3 is 10.2 Å². The molecular formula is C21H24Cl2N2O4S. The molecule has 0 unspecified atom stereocenters. The number of carbonyl (C=O) groups excluding carboxylic acids is 2. The lowest BCUT2D eigenvalue weighted by atomic mass is 10.2. The second kappa shape index (κ2) is 10.8. The molecule has 0 aromatic heterocycles. The van der Waals surface area contributed by atoms with Crippen molar-refractivity contribution in [1.82, 2.24) is 4.90 Å². The van der Waals surface area contributed by atoms with Crippen molar-refractivity contribution >= 4 is 50.5 Å². The molecule has 6 nitrogen and oxygen atoms in total. The summed E-state index contributed by atoms with van der Waals surface area (Å²) in [6.07, 6.45) is 0.427. The second-order valence-electron chi connectivity index (χ2n) is 6.87. The summed E-state index contributed by atoms with van der Waals surface area (Å²) in [4.78, 5) is 26.5. The van der Waals surface area contributed by atoms with Crippen LogP contribution in [0.15, 0.2) is 47.4 Å². The summed E-state index contributed by atoms with van der Waals surface area (Å²) in [5.74, 6) is -1.15. The molecule has 30 heavy (non-hydrogen) atoms. The van der Waals surface area contributed by atoms with E-state index >= 15 is 0 Å². The van der Waals surface area contributed by atoms with Crippen LogP contribution in [0.3, 0.4) is 0 Å². The lowest BCUT2D eigenvalue weighted by molar-refractivity contribution is -0.134. The van der Waals surface area contributed by atoms with Crippen molar-refractivity contribution in [2.75, 3.05) is 24.2 Å². The molecule has 0 bridgehead atoms. The largest absolute Gasteiger partial charge is 0.333 e. The maximum absolute atomic E-state index is 12.6. The van der Waals surface area contributed by atoms with E-state index in [4.69, 9.17) is 23.2 Å². The zero-order chi connectivity index (χ0) is 22.3. The predicted octanol–water partition coefficient (Wildman–Crippen LogP) is 4.34. The fourth-order valence-corrected chi connectivity index (χ4v) is 4.44. The summed E-state index contributed by atoms with van der Waals surface area (Å²) in [6.45, 7) is 3.88. The van der Waals surface area contributed by atoms with E-state index in [0.29, 0.717) is 23.7 Å². The topological polar surface area (TPSA) is 83.6 Å². The van der Waals surface area contributed by atoms with E-state index in [1.54, 1.807) is 24.3 Å². The molecule has 0 saturated carbocycles. The summed E-state index contributed by atoms with van der Waals surface area (Å²) in [5, 5.41) is 3.37. The Bertz CT molecular complexity index is 1010. The average Bonchev–Trinajstić information content (AvgIpc) is 2.68. The standard InChI is InChI=1S/C21H24Cl2N2O4S/c1-3-11-25(14-20(26)24-19-9-6-16(22)13-18(19)23)21(27)10-12-30(28,29)17-7-4-15(2)5-8-17/h4-9,13H,3,10-12,14H2,1-2H3,(H,24,26). The molecule has 0 saturated heterocycles. The van der Waals surface area contributed by atoms with Gasteiger partial charge in [0.1, 0.15) is 0 Å². The second-order valence-corrected chi connectivity index (χ2v) is 9.82. The fourth-order valence-electron chi connectivity index (χ4n) is 2.76. The summed E-state index contributed by atoms with van der Waals surface area (Å²) in [7, 11) is -3.59. The zero-order valence-corrected chi connectivity index (χ0v) is 19.1. The van der Waals surface area contributed by atoms with Crippen LogP contribution < -0.4 is 5.32 Å². The molecule has 2 aromatic carbocycles. The van der Waals surface area contributed by atoms with E-state index in [1.807, 2.05) is 13.8 Å². The van der Waals surface area contributed by atoms with Crippen LogP contribution in [-0.4, -0.2) is 44.0 Å². The third-order valence-electron chi connectivity index (χ3n) is 4.35. The molecule has 162 valence electrons. The molecule has 0 aliphatic rings. The number of rotatable bonds is 9. The number of amides is 2. The molecule has 9 heteroatoms. The minimum Gasteiger partial charge on any atom is -0.333 e.